The van der Waals surface area contributed by atoms with Gasteiger partial charge >= 0.3 is 0 Å². The number of methoxy groups -OCH3 is 1. The van der Waals surface area contributed by atoms with Gasteiger partial charge in [0.05, 0.1) is 17.7 Å². The highest BCUT2D eigenvalue weighted by atomic mass is 35.5. The van der Waals surface area contributed by atoms with E-state index < -0.39 is 28.5 Å². The fourth-order valence-electron chi connectivity index (χ4n) is 4.27. The van der Waals surface area contributed by atoms with E-state index in [0.29, 0.717) is 35.0 Å². The van der Waals surface area contributed by atoms with Gasteiger partial charge in [0.2, 0.25) is 11.8 Å². The van der Waals surface area contributed by atoms with Crippen LogP contribution in [0.2, 0.25) is 5.02 Å². The van der Waals surface area contributed by atoms with E-state index in [-0.39, 0.29) is 23.3 Å². The van der Waals surface area contributed by atoms with Crippen molar-refractivity contribution in [3.8, 4) is 5.75 Å². The molecule has 41 heavy (non-hydrogen) atoms. The number of anilines is 1. The number of aryl methyl sites for hydroxylation is 1. The lowest BCUT2D eigenvalue weighted by atomic mass is 10.1. The Morgan fingerprint density at radius 2 is 1.61 bits per heavy atom. The third-order valence-electron chi connectivity index (χ3n) is 6.62. The second kappa shape index (κ2) is 14.4. The Morgan fingerprint density at radius 1 is 0.976 bits per heavy atom. The molecule has 1 N–H and O–H groups in total. The minimum absolute atomic E-state index is 0.00560. The van der Waals surface area contributed by atoms with Gasteiger partial charge in [-0.05, 0) is 67.3 Å². The molecule has 0 saturated heterocycles. The number of nitrogens with one attached hydrogen (secondary N) is 1. The molecule has 0 spiro atoms. The first-order chi connectivity index (χ1) is 19.5. The van der Waals surface area contributed by atoms with E-state index in [1.54, 1.807) is 60.7 Å². The maximum absolute atomic E-state index is 14.1. The normalized spacial score (nSPS) is 12.1. The van der Waals surface area contributed by atoms with Crippen molar-refractivity contribution in [2.45, 2.75) is 51.6 Å². The first-order valence-electron chi connectivity index (χ1n) is 13.5. The van der Waals surface area contributed by atoms with Crippen molar-refractivity contribution in [2.75, 3.05) is 24.5 Å². The predicted molar refractivity (Wildman–Crippen MR) is 163 cm³/mol. The molecule has 8 nitrogen and oxygen atoms in total. The number of nitrogens with zero attached hydrogens (tertiary/aromatic N) is 2. The van der Waals surface area contributed by atoms with Crippen molar-refractivity contribution in [2.24, 2.45) is 5.92 Å². The Bertz CT molecular complexity index is 1430. The molecule has 3 aromatic carbocycles. The number of rotatable bonds is 13. The van der Waals surface area contributed by atoms with Crippen LogP contribution in [-0.2, 0) is 26.2 Å². The molecule has 10 heteroatoms. The quantitative estimate of drug-likeness (QED) is 0.283. The van der Waals surface area contributed by atoms with Crippen LogP contribution in [0.1, 0.15) is 38.3 Å². The standard InChI is InChI=1S/C31H38ClN3O5S/c1-6-29(31(37)33-19-22(2)3)34(20-24-9-7-8-10-28(24)32)30(36)21-35(25-13-11-23(4)12-14-25)41(38,39)27-17-15-26(40-5)16-18-27/h7-18,22,29H,6,19-21H2,1-5H3,(H,33,37)/t29-/m0/s1. The summed E-state index contributed by atoms with van der Waals surface area (Å²) in [5.41, 5.74) is 1.92. The molecule has 0 radical (unpaired) electrons. The molecule has 0 saturated carbocycles. The van der Waals surface area contributed by atoms with Gasteiger partial charge in [0, 0.05) is 18.1 Å². The van der Waals surface area contributed by atoms with Gasteiger partial charge < -0.3 is 15.0 Å². The molecule has 0 unspecified atom stereocenters. The molecule has 2 amide bonds. The average molecular weight is 600 g/mol. The van der Waals surface area contributed by atoms with E-state index >= 15 is 0 Å². The van der Waals surface area contributed by atoms with Crippen molar-refractivity contribution in [3.63, 3.8) is 0 Å². The molecule has 0 aliphatic rings. The van der Waals surface area contributed by atoms with Crippen LogP contribution in [0.5, 0.6) is 5.75 Å². The molecular weight excluding hydrogens is 562 g/mol. The zero-order chi connectivity index (χ0) is 30.2. The summed E-state index contributed by atoms with van der Waals surface area (Å²) < 4.78 is 34.2. The smallest absolute Gasteiger partial charge is 0.264 e. The van der Waals surface area contributed by atoms with Crippen LogP contribution >= 0.6 is 11.6 Å². The third kappa shape index (κ3) is 8.24. The van der Waals surface area contributed by atoms with E-state index in [0.717, 1.165) is 9.87 Å². The second-order valence-corrected chi connectivity index (χ2v) is 12.5. The van der Waals surface area contributed by atoms with Gasteiger partial charge in [0.15, 0.2) is 0 Å². The fraction of sp³-hybridized carbons (Fsp3) is 0.355. The van der Waals surface area contributed by atoms with Crippen molar-refractivity contribution < 1.29 is 22.7 Å². The second-order valence-electron chi connectivity index (χ2n) is 10.2. The van der Waals surface area contributed by atoms with E-state index in [2.05, 4.69) is 5.32 Å². The van der Waals surface area contributed by atoms with Gasteiger partial charge in [0.1, 0.15) is 18.3 Å². The number of halogens is 1. The third-order valence-corrected chi connectivity index (χ3v) is 8.77. The zero-order valence-corrected chi connectivity index (χ0v) is 25.7. The first-order valence-corrected chi connectivity index (χ1v) is 15.3. The number of amides is 2. The Labute approximate surface area is 248 Å². The van der Waals surface area contributed by atoms with Crippen LogP contribution in [0.3, 0.4) is 0 Å². The monoisotopic (exact) mass is 599 g/mol. The predicted octanol–water partition coefficient (Wildman–Crippen LogP) is 5.43. The molecule has 220 valence electrons. The molecule has 3 rings (SSSR count). The minimum Gasteiger partial charge on any atom is -0.497 e. The number of benzene rings is 3. The van der Waals surface area contributed by atoms with Crippen LogP contribution in [0, 0.1) is 12.8 Å². The van der Waals surface area contributed by atoms with Gasteiger partial charge in [-0.2, -0.15) is 0 Å². The molecule has 0 aliphatic carbocycles. The maximum Gasteiger partial charge on any atom is 0.264 e. The van der Waals surface area contributed by atoms with Crippen molar-refractivity contribution >= 4 is 39.1 Å². The Balaban J connectivity index is 2.05. The maximum atomic E-state index is 14.1. The highest BCUT2D eigenvalue weighted by Gasteiger charge is 2.34. The van der Waals surface area contributed by atoms with Gasteiger partial charge in [-0.15, -0.1) is 0 Å². The molecule has 0 aliphatic heterocycles. The average Bonchev–Trinajstić information content (AvgIpc) is 2.96. The molecule has 0 bridgehead atoms. The highest BCUT2D eigenvalue weighted by molar-refractivity contribution is 7.92. The molecule has 0 aromatic heterocycles. The number of hydrogen-bond acceptors (Lipinski definition) is 5. The van der Waals surface area contributed by atoms with Crippen molar-refractivity contribution in [1.82, 2.24) is 10.2 Å². The number of sulfonamides is 1. The van der Waals surface area contributed by atoms with Crippen molar-refractivity contribution in [3.05, 3.63) is 88.9 Å². The summed E-state index contributed by atoms with van der Waals surface area (Å²) in [6.45, 7) is 7.65. The lowest BCUT2D eigenvalue weighted by Gasteiger charge is -2.33. The lowest BCUT2D eigenvalue weighted by molar-refractivity contribution is -0.140. The summed E-state index contributed by atoms with van der Waals surface area (Å²) in [5, 5.41) is 3.37. The van der Waals surface area contributed by atoms with Gasteiger partial charge in [0.25, 0.3) is 10.0 Å². The van der Waals surface area contributed by atoms with Crippen LogP contribution in [0.25, 0.3) is 0 Å². The van der Waals surface area contributed by atoms with Crippen LogP contribution < -0.4 is 14.4 Å². The first kappa shape index (κ1) is 32.0. The highest BCUT2D eigenvalue weighted by Crippen LogP contribution is 2.27. The summed E-state index contributed by atoms with van der Waals surface area (Å²) >= 11 is 6.44. The summed E-state index contributed by atoms with van der Waals surface area (Å²) in [6.07, 6.45) is 0.329. The molecule has 3 aromatic rings. The molecular formula is C31H38ClN3O5S. The summed E-state index contributed by atoms with van der Waals surface area (Å²) in [5.74, 6) is -0.113. The van der Waals surface area contributed by atoms with Crippen LogP contribution in [0.15, 0.2) is 77.7 Å². The number of hydrogen-bond donors (Lipinski definition) is 1. The van der Waals surface area contributed by atoms with Gasteiger partial charge in [-0.1, -0.05) is 68.3 Å². The zero-order valence-electron chi connectivity index (χ0n) is 24.1. The molecule has 0 heterocycles. The van der Waals surface area contributed by atoms with E-state index in [4.69, 9.17) is 16.3 Å². The number of carbonyl (C=O) groups is 2. The van der Waals surface area contributed by atoms with E-state index in [1.807, 2.05) is 27.7 Å². The van der Waals surface area contributed by atoms with Gasteiger partial charge in [-0.3, -0.25) is 13.9 Å². The Kier molecular flexibility index (Phi) is 11.2. The Hall–Kier alpha value is -3.56. The number of carbonyl (C=O) groups excluding carboxylic acids is 2. The van der Waals surface area contributed by atoms with Crippen LogP contribution in [0.4, 0.5) is 5.69 Å². The summed E-state index contributed by atoms with van der Waals surface area (Å²) in [7, 11) is -2.68. The van der Waals surface area contributed by atoms with Gasteiger partial charge in [-0.25, -0.2) is 8.42 Å². The number of ether oxygens (including phenoxy) is 1. The topological polar surface area (TPSA) is 96.0 Å². The van der Waals surface area contributed by atoms with Crippen molar-refractivity contribution in [1.29, 1.82) is 0 Å². The summed E-state index contributed by atoms with van der Waals surface area (Å²) in [6, 6.07) is 19.1. The minimum atomic E-state index is -4.17. The van der Waals surface area contributed by atoms with E-state index in [9.17, 15) is 18.0 Å². The molecule has 1 atom stereocenters. The fourth-order valence-corrected chi connectivity index (χ4v) is 5.88. The van der Waals surface area contributed by atoms with Crippen LogP contribution in [-0.4, -0.2) is 51.4 Å². The molecule has 0 fully saturated rings. The Morgan fingerprint density at radius 3 is 2.17 bits per heavy atom. The summed E-state index contributed by atoms with van der Waals surface area (Å²) in [4.78, 5) is 28.8. The lowest BCUT2D eigenvalue weighted by Crippen LogP contribution is -2.52. The van der Waals surface area contributed by atoms with E-state index in [1.165, 1.54) is 24.1 Å². The largest absolute Gasteiger partial charge is 0.497 e. The SMILES string of the molecule is CC[C@@H](C(=O)NCC(C)C)N(Cc1ccccc1Cl)C(=O)CN(c1ccc(C)cc1)S(=O)(=O)c1ccc(OC)cc1.